The van der Waals surface area contributed by atoms with Gasteiger partial charge in [0.2, 0.25) is 0 Å². The molecule has 0 bridgehead atoms. The fourth-order valence-corrected chi connectivity index (χ4v) is 4.47. The van der Waals surface area contributed by atoms with Gasteiger partial charge >= 0.3 is 0 Å². The van der Waals surface area contributed by atoms with Crippen LogP contribution in [0.1, 0.15) is 30.2 Å². The van der Waals surface area contributed by atoms with E-state index in [9.17, 15) is 0 Å². The van der Waals surface area contributed by atoms with E-state index in [-0.39, 0.29) is 5.25 Å². The molecule has 2 aromatic heterocycles. The third-order valence-corrected chi connectivity index (χ3v) is 5.38. The summed E-state index contributed by atoms with van der Waals surface area (Å²) in [4.78, 5) is 11.3. The highest BCUT2D eigenvalue weighted by Crippen LogP contribution is 2.39. The maximum atomic E-state index is 8.95. The van der Waals surface area contributed by atoms with Crippen LogP contribution >= 0.6 is 23.1 Å². The maximum absolute atomic E-state index is 8.95. The summed E-state index contributed by atoms with van der Waals surface area (Å²) < 4.78 is 0. The Kier molecular flexibility index (Phi) is 3.23. The molecule has 2 aromatic rings. The van der Waals surface area contributed by atoms with Gasteiger partial charge in [-0.05, 0) is 38.2 Å². The van der Waals surface area contributed by atoms with Crippen molar-refractivity contribution >= 4 is 33.3 Å². The number of nitriles is 1. The second-order valence-electron chi connectivity index (χ2n) is 4.46. The van der Waals surface area contributed by atoms with E-state index in [2.05, 4.69) is 16.0 Å². The zero-order chi connectivity index (χ0) is 12.5. The van der Waals surface area contributed by atoms with Crippen LogP contribution in [0.2, 0.25) is 0 Å². The number of hydrogen-bond acceptors (Lipinski definition) is 5. The summed E-state index contributed by atoms with van der Waals surface area (Å²) in [6, 6.07) is 2.26. The molecule has 1 aliphatic rings. The van der Waals surface area contributed by atoms with Crippen molar-refractivity contribution in [1.82, 2.24) is 9.97 Å². The number of aromatic nitrogens is 2. The molecule has 0 amide bonds. The topological polar surface area (TPSA) is 49.6 Å². The molecule has 1 aliphatic carbocycles. The molecule has 1 atom stereocenters. The Balaban J connectivity index is 2.14. The SMILES string of the molecule is CC(C#N)Sc1ncnc2sc3c(c12)CCCC3. The zero-order valence-electron chi connectivity index (χ0n) is 10.1. The van der Waals surface area contributed by atoms with Gasteiger partial charge in [-0.3, -0.25) is 0 Å². The van der Waals surface area contributed by atoms with E-state index in [0.717, 1.165) is 16.3 Å². The minimum atomic E-state index is -0.0674. The normalized spacial score (nSPS) is 16.2. The predicted molar refractivity (Wildman–Crippen MR) is 75.0 cm³/mol. The van der Waals surface area contributed by atoms with Crippen LogP contribution in [0.5, 0.6) is 0 Å². The van der Waals surface area contributed by atoms with Crippen molar-refractivity contribution in [2.45, 2.75) is 42.9 Å². The van der Waals surface area contributed by atoms with Crippen LogP contribution in [-0.4, -0.2) is 15.2 Å². The quantitative estimate of drug-likeness (QED) is 0.621. The second kappa shape index (κ2) is 4.87. The molecule has 2 heterocycles. The average Bonchev–Trinajstić information content (AvgIpc) is 2.78. The van der Waals surface area contributed by atoms with E-state index >= 15 is 0 Å². The lowest BCUT2D eigenvalue weighted by molar-refractivity contribution is 0.699. The first-order valence-corrected chi connectivity index (χ1v) is 7.80. The number of thiophene rings is 1. The van der Waals surface area contributed by atoms with E-state index in [1.807, 2.05) is 6.92 Å². The Morgan fingerprint density at radius 1 is 1.39 bits per heavy atom. The van der Waals surface area contributed by atoms with E-state index in [0.29, 0.717) is 0 Å². The van der Waals surface area contributed by atoms with Gasteiger partial charge in [0.25, 0.3) is 0 Å². The molecule has 5 heteroatoms. The highest BCUT2D eigenvalue weighted by atomic mass is 32.2. The molecule has 0 aliphatic heterocycles. The van der Waals surface area contributed by atoms with Crippen LogP contribution in [0.15, 0.2) is 11.4 Å². The lowest BCUT2D eigenvalue weighted by atomic mass is 9.97. The predicted octanol–water partition coefficient (Wildman–Crippen LogP) is 3.57. The molecule has 3 nitrogen and oxygen atoms in total. The Morgan fingerprint density at radius 3 is 3.06 bits per heavy atom. The number of nitrogens with zero attached hydrogens (tertiary/aromatic N) is 3. The number of fused-ring (bicyclic) bond motifs is 3. The van der Waals surface area contributed by atoms with Gasteiger partial charge in [0.05, 0.1) is 11.3 Å². The molecule has 0 radical (unpaired) electrons. The van der Waals surface area contributed by atoms with Gasteiger partial charge in [-0.15, -0.1) is 11.3 Å². The third kappa shape index (κ3) is 2.00. The number of aryl methyl sites for hydroxylation is 2. The van der Waals surface area contributed by atoms with E-state index in [4.69, 9.17) is 5.26 Å². The molecule has 92 valence electrons. The maximum Gasteiger partial charge on any atom is 0.128 e. The molecule has 0 fully saturated rings. The Morgan fingerprint density at radius 2 is 2.22 bits per heavy atom. The van der Waals surface area contributed by atoms with Gasteiger partial charge < -0.3 is 0 Å². The van der Waals surface area contributed by atoms with Crippen LogP contribution in [0.4, 0.5) is 0 Å². The van der Waals surface area contributed by atoms with E-state index in [1.165, 1.54) is 35.1 Å². The summed E-state index contributed by atoms with van der Waals surface area (Å²) in [6.07, 6.45) is 6.47. The fraction of sp³-hybridized carbons (Fsp3) is 0.462. The van der Waals surface area contributed by atoms with Crippen molar-refractivity contribution in [3.8, 4) is 6.07 Å². The Labute approximate surface area is 114 Å². The molecule has 18 heavy (non-hydrogen) atoms. The van der Waals surface area contributed by atoms with Gasteiger partial charge in [-0.1, -0.05) is 11.8 Å². The average molecular weight is 275 g/mol. The molecule has 0 aromatic carbocycles. The molecule has 1 unspecified atom stereocenters. The monoisotopic (exact) mass is 275 g/mol. The second-order valence-corrected chi connectivity index (χ2v) is 6.87. The van der Waals surface area contributed by atoms with Gasteiger partial charge in [-0.25, -0.2) is 9.97 Å². The summed E-state index contributed by atoms with van der Waals surface area (Å²) in [7, 11) is 0. The smallest absolute Gasteiger partial charge is 0.128 e. The Hall–Kier alpha value is -1.12. The van der Waals surface area contributed by atoms with Crippen LogP contribution in [0.3, 0.4) is 0 Å². The van der Waals surface area contributed by atoms with Gasteiger partial charge in [0, 0.05) is 10.3 Å². The lowest BCUT2D eigenvalue weighted by Gasteiger charge is -2.11. The van der Waals surface area contributed by atoms with Crippen LogP contribution < -0.4 is 0 Å². The van der Waals surface area contributed by atoms with Gasteiger partial charge in [0.15, 0.2) is 0 Å². The number of rotatable bonds is 2. The third-order valence-electron chi connectivity index (χ3n) is 3.19. The minimum Gasteiger partial charge on any atom is -0.229 e. The summed E-state index contributed by atoms with van der Waals surface area (Å²) in [5.74, 6) is 0. The highest BCUT2D eigenvalue weighted by Gasteiger charge is 2.20. The van der Waals surface area contributed by atoms with Crippen molar-refractivity contribution in [3.05, 3.63) is 16.8 Å². The Bertz CT molecular complexity index is 627. The summed E-state index contributed by atoms with van der Waals surface area (Å²) >= 11 is 3.35. The first-order chi connectivity index (χ1) is 8.79. The van der Waals surface area contributed by atoms with Crippen molar-refractivity contribution in [3.63, 3.8) is 0 Å². The van der Waals surface area contributed by atoms with Crippen LogP contribution in [0.25, 0.3) is 10.2 Å². The molecule has 0 spiro atoms. The van der Waals surface area contributed by atoms with E-state index in [1.54, 1.807) is 29.4 Å². The highest BCUT2D eigenvalue weighted by molar-refractivity contribution is 8.00. The van der Waals surface area contributed by atoms with Crippen molar-refractivity contribution in [2.24, 2.45) is 0 Å². The van der Waals surface area contributed by atoms with Gasteiger partial charge in [0.1, 0.15) is 16.2 Å². The summed E-state index contributed by atoms with van der Waals surface area (Å²) in [5.41, 5.74) is 1.44. The number of hydrogen-bond donors (Lipinski definition) is 0. The molecular formula is C13H13N3S2. The van der Waals surface area contributed by atoms with Crippen molar-refractivity contribution < 1.29 is 0 Å². The molecule has 0 saturated heterocycles. The van der Waals surface area contributed by atoms with E-state index < -0.39 is 0 Å². The fourth-order valence-electron chi connectivity index (χ4n) is 2.34. The minimum absolute atomic E-state index is 0.0674. The summed E-state index contributed by atoms with van der Waals surface area (Å²) in [6.45, 7) is 1.91. The van der Waals surface area contributed by atoms with Crippen LogP contribution in [-0.2, 0) is 12.8 Å². The molecular weight excluding hydrogens is 262 g/mol. The van der Waals surface area contributed by atoms with Gasteiger partial charge in [-0.2, -0.15) is 5.26 Å². The molecule has 0 saturated carbocycles. The van der Waals surface area contributed by atoms with Crippen molar-refractivity contribution in [2.75, 3.05) is 0 Å². The summed E-state index contributed by atoms with van der Waals surface area (Å²) in [5, 5.41) is 11.1. The molecule has 0 N–H and O–H groups in total. The molecule has 3 rings (SSSR count). The first kappa shape index (κ1) is 11.9. The largest absolute Gasteiger partial charge is 0.229 e. The lowest BCUT2D eigenvalue weighted by Crippen LogP contribution is -2.00. The first-order valence-electron chi connectivity index (χ1n) is 6.11. The zero-order valence-corrected chi connectivity index (χ0v) is 11.8. The van der Waals surface area contributed by atoms with Crippen LogP contribution in [0, 0.1) is 11.3 Å². The standard InChI is InChI=1S/C13H13N3S2/c1-8(6-14)17-12-11-9-4-2-3-5-10(9)18-13(11)16-7-15-12/h7-8H,2-5H2,1H3. The van der Waals surface area contributed by atoms with Crippen molar-refractivity contribution in [1.29, 1.82) is 5.26 Å². The number of thioether (sulfide) groups is 1.